The number of hydrogen-bond donors (Lipinski definition) is 1. The van der Waals surface area contributed by atoms with Gasteiger partial charge in [0.1, 0.15) is 0 Å². The van der Waals surface area contributed by atoms with Gasteiger partial charge in [-0.3, -0.25) is 9.69 Å². The van der Waals surface area contributed by atoms with E-state index >= 15 is 0 Å². The summed E-state index contributed by atoms with van der Waals surface area (Å²) in [5, 5.41) is 5.34. The molecule has 0 radical (unpaired) electrons. The molecule has 3 aromatic rings. The first-order valence-electron chi connectivity index (χ1n) is 10.5. The second-order valence-electron chi connectivity index (χ2n) is 8.22. The number of likely N-dealkylation sites (tertiary alicyclic amines) is 1. The molecule has 1 N–H and O–H groups in total. The second kappa shape index (κ2) is 7.94. The van der Waals surface area contributed by atoms with E-state index in [-0.39, 0.29) is 11.8 Å². The van der Waals surface area contributed by atoms with E-state index in [1.54, 1.807) is 0 Å². The highest BCUT2D eigenvalue weighted by Gasteiger charge is 2.36. The molecule has 2 saturated heterocycles. The van der Waals surface area contributed by atoms with E-state index in [2.05, 4.69) is 45.2 Å². The van der Waals surface area contributed by atoms with Gasteiger partial charge in [0.15, 0.2) is 5.78 Å². The van der Waals surface area contributed by atoms with Gasteiger partial charge in [0.2, 0.25) is 0 Å². The predicted octanol–water partition coefficient (Wildman–Crippen LogP) is 4.35. The van der Waals surface area contributed by atoms with Gasteiger partial charge in [0.05, 0.1) is 16.6 Å². The zero-order valence-electron chi connectivity index (χ0n) is 16.5. The average molecular weight is 408 g/mol. The zero-order valence-corrected chi connectivity index (χ0v) is 17.2. The topological polar surface area (TPSA) is 37.3 Å². The fourth-order valence-electron chi connectivity index (χ4n) is 4.94. The van der Waals surface area contributed by atoms with Crippen molar-refractivity contribution in [2.24, 2.45) is 0 Å². The summed E-state index contributed by atoms with van der Waals surface area (Å²) < 4.78 is 2.17. The van der Waals surface area contributed by atoms with Crippen LogP contribution in [0.5, 0.6) is 0 Å². The monoisotopic (exact) mass is 407 g/mol. The van der Waals surface area contributed by atoms with Crippen molar-refractivity contribution < 1.29 is 4.79 Å². The van der Waals surface area contributed by atoms with Crippen molar-refractivity contribution in [1.29, 1.82) is 0 Å². The van der Waals surface area contributed by atoms with E-state index in [1.807, 2.05) is 24.3 Å². The predicted molar refractivity (Wildman–Crippen MR) is 118 cm³/mol. The third kappa shape index (κ3) is 3.61. The maximum Gasteiger partial charge on any atom is 0.179 e. The van der Waals surface area contributed by atoms with Crippen LogP contribution in [0, 0.1) is 0 Å². The Morgan fingerprint density at radius 2 is 1.97 bits per heavy atom. The van der Waals surface area contributed by atoms with Crippen molar-refractivity contribution in [3.63, 3.8) is 0 Å². The Bertz CT molecular complexity index is 1020. The van der Waals surface area contributed by atoms with Gasteiger partial charge in [0, 0.05) is 36.3 Å². The summed E-state index contributed by atoms with van der Waals surface area (Å²) in [5.41, 5.74) is 3.05. The molecular formula is C24H26ClN3O. The summed E-state index contributed by atoms with van der Waals surface area (Å²) in [4.78, 5) is 15.6. The van der Waals surface area contributed by atoms with Crippen LogP contribution in [0.2, 0.25) is 5.02 Å². The number of benzene rings is 2. The van der Waals surface area contributed by atoms with Crippen LogP contribution in [-0.4, -0.2) is 47.0 Å². The summed E-state index contributed by atoms with van der Waals surface area (Å²) in [7, 11) is 0. The third-order valence-electron chi connectivity index (χ3n) is 6.43. The Kier molecular flexibility index (Phi) is 5.17. The lowest BCUT2D eigenvalue weighted by molar-refractivity contribution is 0.0826. The number of carbonyl (C=O) groups excluding carboxylic acids is 1. The molecule has 0 saturated carbocycles. The van der Waals surface area contributed by atoms with Gasteiger partial charge in [-0.1, -0.05) is 48.0 Å². The van der Waals surface area contributed by atoms with Crippen LogP contribution in [0.3, 0.4) is 0 Å². The number of Topliss-reactive ketones (excluding diaryl/α,β-unsaturated/α-hetero) is 1. The van der Waals surface area contributed by atoms with E-state index in [0.717, 1.165) is 66.9 Å². The average Bonchev–Trinajstić information content (AvgIpc) is 3.49. The van der Waals surface area contributed by atoms with Crippen molar-refractivity contribution in [3.05, 3.63) is 70.9 Å². The molecule has 0 amide bonds. The minimum absolute atomic E-state index is 0.0398. The molecule has 2 aromatic carbocycles. The summed E-state index contributed by atoms with van der Waals surface area (Å²) in [6.45, 7) is 3.86. The lowest BCUT2D eigenvalue weighted by Gasteiger charge is -2.29. The Morgan fingerprint density at radius 1 is 1.10 bits per heavy atom. The molecule has 1 aromatic heterocycles. The SMILES string of the molecule is O=C(c1ccc(Cn2ccc3cccc(Cl)c32)cc1)C1CCCN1C1CCNC1. The first-order chi connectivity index (χ1) is 14.2. The normalized spacial score (nSPS) is 22.5. The number of rotatable bonds is 5. The van der Waals surface area contributed by atoms with Gasteiger partial charge in [0.25, 0.3) is 0 Å². The van der Waals surface area contributed by atoms with Crippen molar-refractivity contribution >= 4 is 28.3 Å². The summed E-state index contributed by atoms with van der Waals surface area (Å²) in [6, 6.07) is 16.8. The van der Waals surface area contributed by atoms with Crippen LogP contribution in [0.1, 0.15) is 35.2 Å². The van der Waals surface area contributed by atoms with Gasteiger partial charge in [-0.2, -0.15) is 0 Å². The number of hydrogen-bond acceptors (Lipinski definition) is 3. The van der Waals surface area contributed by atoms with Crippen LogP contribution in [0.25, 0.3) is 10.9 Å². The molecule has 0 aliphatic carbocycles. The summed E-state index contributed by atoms with van der Waals surface area (Å²) in [5.74, 6) is 0.274. The lowest BCUT2D eigenvalue weighted by Crippen LogP contribution is -2.44. The number of fused-ring (bicyclic) bond motifs is 1. The minimum Gasteiger partial charge on any atom is -0.342 e. The van der Waals surface area contributed by atoms with Crippen molar-refractivity contribution in [2.45, 2.75) is 37.9 Å². The number of nitrogens with zero attached hydrogens (tertiary/aromatic N) is 2. The molecule has 2 fully saturated rings. The number of nitrogens with one attached hydrogen (secondary N) is 1. The van der Waals surface area contributed by atoms with E-state index in [4.69, 9.17) is 11.6 Å². The van der Waals surface area contributed by atoms with Crippen LogP contribution in [-0.2, 0) is 6.54 Å². The third-order valence-corrected chi connectivity index (χ3v) is 6.74. The van der Waals surface area contributed by atoms with E-state index in [1.165, 1.54) is 5.56 Å². The van der Waals surface area contributed by atoms with Crippen molar-refractivity contribution in [1.82, 2.24) is 14.8 Å². The molecule has 5 rings (SSSR count). The number of aromatic nitrogens is 1. The molecule has 2 aliphatic heterocycles. The Morgan fingerprint density at radius 3 is 2.76 bits per heavy atom. The highest BCUT2D eigenvalue weighted by atomic mass is 35.5. The molecule has 0 bridgehead atoms. The van der Waals surface area contributed by atoms with Crippen LogP contribution < -0.4 is 5.32 Å². The Labute approximate surface area is 176 Å². The maximum absolute atomic E-state index is 13.2. The minimum atomic E-state index is 0.0398. The molecule has 2 unspecified atom stereocenters. The number of ketones is 1. The largest absolute Gasteiger partial charge is 0.342 e. The van der Waals surface area contributed by atoms with Gasteiger partial charge in [-0.05, 0) is 50.0 Å². The second-order valence-corrected chi connectivity index (χ2v) is 8.63. The lowest BCUT2D eigenvalue weighted by atomic mass is 10.00. The molecule has 2 atom stereocenters. The molecule has 0 spiro atoms. The molecule has 3 heterocycles. The molecule has 150 valence electrons. The highest BCUT2D eigenvalue weighted by Crippen LogP contribution is 2.27. The van der Waals surface area contributed by atoms with Crippen LogP contribution in [0.15, 0.2) is 54.7 Å². The highest BCUT2D eigenvalue weighted by molar-refractivity contribution is 6.35. The summed E-state index contributed by atoms with van der Waals surface area (Å²) >= 11 is 6.40. The van der Waals surface area contributed by atoms with Gasteiger partial charge >= 0.3 is 0 Å². The van der Waals surface area contributed by atoms with E-state index in [9.17, 15) is 4.79 Å². The Hall–Kier alpha value is -2.14. The first kappa shape index (κ1) is 18.9. The molecule has 4 nitrogen and oxygen atoms in total. The van der Waals surface area contributed by atoms with Crippen LogP contribution in [0.4, 0.5) is 0 Å². The van der Waals surface area contributed by atoms with Crippen LogP contribution >= 0.6 is 11.6 Å². The number of para-hydroxylation sites is 1. The van der Waals surface area contributed by atoms with Crippen molar-refractivity contribution in [2.75, 3.05) is 19.6 Å². The quantitative estimate of drug-likeness (QED) is 0.639. The fraction of sp³-hybridized carbons (Fsp3) is 0.375. The van der Waals surface area contributed by atoms with Gasteiger partial charge in [-0.15, -0.1) is 0 Å². The maximum atomic E-state index is 13.2. The molecule has 5 heteroatoms. The van der Waals surface area contributed by atoms with E-state index in [0.29, 0.717) is 6.04 Å². The molecule has 2 aliphatic rings. The summed E-state index contributed by atoms with van der Waals surface area (Å²) in [6.07, 6.45) is 5.31. The van der Waals surface area contributed by atoms with E-state index < -0.39 is 0 Å². The number of carbonyl (C=O) groups is 1. The molecular weight excluding hydrogens is 382 g/mol. The van der Waals surface area contributed by atoms with Gasteiger partial charge in [-0.25, -0.2) is 0 Å². The van der Waals surface area contributed by atoms with Gasteiger partial charge < -0.3 is 9.88 Å². The molecule has 29 heavy (non-hydrogen) atoms. The first-order valence-corrected chi connectivity index (χ1v) is 10.9. The smallest absolute Gasteiger partial charge is 0.179 e. The van der Waals surface area contributed by atoms with Crippen molar-refractivity contribution in [3.8, 4) is 0 Å². The fourth-order valence-corrected chi connectivity index (χ4v) is 5.23. The standard InChI is InChI=1S/C24H26ClN3O/c25-21-4-1-3-18-11-14-27(23(18)21)16-17-6-8-19(9-7-17)24(29)22-5-2-13-28(22)20-10-12-26-15-20/h1,3-4,6-9,11,14,20,22,26H,2,5,10,12-13,15-16H2. The Balaban J connectivity index is 1.32. The number of halogens is 1. The zero-order chi connectivity index (χ0) is 19.8.